The summed E-state index contributed by atoms with van der Waals surface area (Å²) in [5.74, 6) is 0.0899. The first kappa shape index (κ1) is 12.3. The largest absolute Gasteiger partial charge is 0.375 e. The van der Waals surface area contributed by atoms with Gasteiger partial charge in [0.25, 0.3) is 5.91 Å². The number of morpholine rings is 1. The first-order chi connectivity index (χ1) is 9.72. The van der Waals surface area contributed by atoms with Crippen molar-refractivity contribution in [3.05, 3.63) is 22.5 Å². The first-order valence-electron chi connectivity index (χ1n) is 6.48. The molecule has 1 atom stereocenters. The van der Waals surface area contributed by atoms with E-state index in [1.807, 2.05) is 33.9 Å². The number of thiophene rings is 1. The van der Waals surface area contributed by atoms with Crippen molar-refractivity contribution in [3.63, 3.8) is 0 Å². The Labute approximate surface area is 123 Å². The summed E-state index contributed by atoms with van der Waals surface area (Å²) >= 11 is 3.08. The number of fused-ring (bicyclic) bond motifs is 3. The van der Waals surface area contributed by atoms with E-state index in [0.717, 1.165) is 20.2 Å². The number of amides is 1. The molecule has 1 aliphatic rings. The van der Waals surface area contributed by atoms with Crippen LogP contribution >= 0.6 is 22.7 Å². The summed E-state index contributed by atoms with van der Waals surface area (Å²) < 4.78 is 7.52. The fourth-order valence-electron chi connectivity index (χ4n) is 2.51. The van der Waals surface area contributed by atoms with E-state index in [-0.39, 0.29) is 12.0 Å². The van der Waals surface area contributed by atoms with Crippen LogP contribution in [0.4, 0.5) is 0 Å². The molecule has 1 fully saturated rings. The van der Waals surface area contributed by atoms with Crippen LogP contribution in [0.5, 0.6) is 0 Å². The monoisotopic (exact) mass is 307 g/mol. The summed E-state index contributed by atoms with van der Waals surface area (Å²) in [6, 6.07) is 1.95. The lowest BCUT2D eigenvalue weighted by atomic mass is 10.3. The average Bonchev–Trinajstić information content (AvgIpc) is 3.08. The maximum atomic E-state index is 12.5. The lowest BCUT2D eigenvalue weighted by molar-refractivity contribution is -0.0122. The first-order valence-corrected chi connectivity index (χ1v) is 8.18. The highest BCUT2D eigenvalue weighted by atomic mass is 32.1. The Hall–Kier alpha value is -1.44. The highest BCUT2D eigenvalue weighted by Gasteiger charge is 2.24. The summed E-state index contributed by atoms with van der Waals surface area (Å²) in [4.78, 5) is 21.6. The standard InChI is InChI=1S/C13H13N3O2S2/c1-8-7-15(2-4-18-8)12(17)10-6-9-11(20-10)14-13-16(9)3-5-19-13/h3,5-6,8H,2,4,7H2,1H3. The van der Waals surface area contributed by atoms with Gasteiger partial charge in [0.15, 0.2) is 4.96 Å². The molecule has 7 heteroatoms. The van der Waals surface area contributed by atoms with Crippen LogP contribution in [0.3, 0.4) is 0 Å². The van der Waals surface area contributed by atoms with E-state index in [2.05, 4.69) is 4.98 Å². The van der Waals surface area contributed by atoms with E-state index < -0.39 is 0 Å². The summed E-state index contributed by atoms with van der Waals surface area (Å²) in [5, 5.41) is 2.00. The topological polar surface area (TPSA) is 46.8 Å². The maximum Gasteiger partial charge on any atom is 0.264 e. The molecule has 1 saturated heterocycles. The third-order valence-corrected chi connectivity index (χ3v) is 5.24. The van der Waals surface area contributed by atoms with Crippen molar-refractivity contribution < 1.29 is 9.53 Å². The molecule has 1 aliphatic heterocycles. The van der Waals surface area contributed by atoms with Crippen LogP contribution < -0.4 is 0 Å². The summed E-state index contributed by atoms with van der Waals surface area (Å²) in [6.45, 7) is 3.94. The van der Waals surface area contributed by atoms with Crippen LogP contribution in [0.1, 0.15) is 16.6 Å². The van der Waals surface area contributed by atoms with Gasteiger partial charge in [0.05, 0.1) is 23.1 Å². The molecule has 5 nitrogen and oxygen atoms in total. The predicted octanol–water partition coefficient (Wildman–Crippen LogP) is 2.47. The van der Waals surface area contributed by atoms with Gasteiger partial charge in [-0.05, 0) is 13.0 Å². The summed E-state index contributed by atoms with van der Waals surface area (Å²) in [7, 11) is 0. The molecule has 0 radical (unpaired) electrons. The van der Waals surface area contributed by atoms with Gasteiger partial charge in [-0.2, -0.15) is 0 Å². The van der Waals surface area contributed by atoms with Crippen LogP contribution in [-0.4, -0.2) is 46.0 Å². The smallest absolute Gasteiger partial charge is 0.264 e. The average molecular weight is 307 g/mol. The van der Waals surface area contributed by atoms with Gasteiger partial charge < -0.3 is 9.64 Å². The molecule has 4 rings (SSSR count). The summed E-state index contributed by atoms with van der Waals surface area (Å²) in [6.07, 6.45) is 2.11. The van der Waals surface area contributed by atoms with Gasteiger partial charge in [0, 0.05) is 24.7 Å². The Morgan fingerprint density at radius 1 is 1.55 bits per heavy atom. The van der Waals surface area contributed by atoms with Gasteiger partial charge in [-0.3, -0.25) is 9.20 Å². The van der Waals surface area contributed by atoms with Gasteiger partial charge in [-0.15, -0.1) is 22.7 Å². The number of carbonyl (C=O) groups is 1. The fraction of sp³-hybridized carbons (Fsp3) is 0.385. The number of rotatable bonds is 1. The van der Waals surface area contributed by atoms with Gasteiger partial charge in [-0.25, -0.2) is 4.98 Å². The number of imidazole rings is 1. The van der Waals surface area contributed by atoms with Crippen molar-refractivity contribution in [2.24, 2.45) is 0 Å². The second-order valence-electron chi connectivity index (χ2n) is 4.90. The number of hydrogen-bond donors (Lipinski definition) is 0. The third kappa shape index (κ3) is 1.85. The molecule has 4 heterocycles. The lowest BCUT2D eigenvalue weighted by Gasteiger charge is -2.30. The van der Waals surface area contributed by atoms with Gasteiger partial charge in [0.2, 0.25) is 0 Å². The maximum absolute atomic E-state index is 12.5. The Kier molecular flexibility index (Phi) is 2.80. The molecular formula is C13H13N3O2S2. The molecule has 20 heavy (non-hydrogen) atoms. The number of nitrogens with zero attached hydrogens (tertiary/aromatic N) is 3. The molecule has 0 aliphatic carbocycles. The van der Waals surface area contributed by atoms with E-state index in [1.165, 1.54) is 11.3 Å². The molecule has 0 aromatic carbocycles. The molecule has 1 unspecified atom stereocenters. The Morgan fingerprint density at radius 2 is 2.45 bits per heavy atom. The number of ether oxygens (including phenoxy) is 1. The van der Waals surface area contributed by atoms with Crippen LogP contribution in [0.25, 0.3) is 15.3 Å². The minimum atomic E-state index is 0.0899. The van der Waals surface area contributed by atoms with Crippen molar-refractivity contribution in [1.82, 2.24) is 14.3 Å². The van der Waals surface area contributed by atoms with Crippen molar-refractivity contribution in [1.29, 1.82) is 0 Å². The summed E-state index contributed by atoms with van der Waals surface area (Å²) in [5.41, 5.74) is 1.02. The second-order valence-corrected chi connectivity index (χ2v) is 6.80. The van der Waals surface area contributed by atoms with E-state index in [4.69, 9.17) is 4.74 Å². The molecule has 0 N–H and O–H groups in total. The number of aromatic nitrogens is 2. The molecule has 0 spiro atoms. The minimum absolute atomic E-state index is 0.0899. The van der Waals surface area contributed by atoms with E-state index in [0.29, 0.717) is 19.7 Å². The van der Waals surface area contributed by atoms with Crippen LogP contribution in [0.2, 0.25) is 0 Å². The third-order valence-electron chi connectivity index (χ3n) is 3.48. The van der Waals surface area contributed by atoms with Gasteiger partial charge in [0.1, 0.15) is 4.83 Å². The van der Waals surface area contributed by atoms with E-state index in [1.54, 1.807) is 11.3 Å². The van der Waals surface area contributed by atoms with Crippen LogP contribution in [-0.2, 0) is 4.74 Å². The van der Waals surface area contributed by atoms with Gasteiger partial charge in [-0.1, -0.05) is 0 Å². The molecule has 0 bridgehead atoms. The van der Waals surface area contributed by atoms with Crippen molar-refractivity contribution >= 4 is 43.9 Å². The Bertz CT molecular complexity index is 788. The lowest BCUT2D eigenvalue weighted by Crippen LogP contribution is -2.44. The zero-order chi connectivity index (χ0) is 13.7. The number of thiazole rings is 1. The Morgan fingerprint density at radius 3 is 3.30 bits per heavy atom. The van der Waals surface area contributed by atoms with Crippen LogP contribution in [0, 0.1) is 0 Å². The molecule has 3 aromatic rings. The molecule has 3 aromatic heterocycles. The highest BCUT2D eigenvalue weighted by Crippen LogP contribution is 2.29. The quantitative estimate of drug-likeness (QED) is 0.694. The minimum Gasteiger partial charge on any atom is -0.375 e. The normalized spacial score (nSPS) is 20.1. The zero-order valence-electron chi connectivity index (χ0n) is 10.9. The fourth-order valence-corrected chi connectivity index (χ4v) is 4.28. The Balaban J connectivity index is 1.70. The molecular weight excluding hydrogens is 294 g/mol. The van der Waals surface area contributed by atoms with Gasteiger partial charge >= 0.3 is 0 Å². The molecule has 1 amide bonds. The number of carbonyl (C=O) groups excluding carboxylic acids is 1. The molecule has 0 saturated carbocycles. The van der Waals surface area contributed by atoms with Crippen molar-refractivity contribution in [2.45, 2.75) is 13.0 Å². The highest BCUT2D eigenvalue weighted by molar-refractivity contribution is 7.21. The second kappa shape index (κ2) is 4.54. The zero-order valence-corrected chi connectivity index (χ0v) is 12.5. The SMILES string of the molecule is CC1CN(C(=O)c2cc3c(nc4sccn43)s2)CCO1. The van der Waals surface area contributed by atoms with Crippen molar-refractivity contribution in [2.75, 3.05) is 19.7 Å². The van der Waals surface area contributed by atoms with Crippen molar-refractivity contribution in [3.8, 4) is 0 Å². The van der Waals surface area contributed by atoms with E-state index in [9.17, 15) is 4.79 Å². The predicted molar refractivity (Wildman–Crippen MR) is 79.8 cm³/mol. The van der Waals surface area contributed by atoms with Crippen LogP contribution in [0.15, 0.2) is 17.6 Å². The van der Waals surface area contributed by atoms with E-state index >= 15 is 0 Å². The number of hydrogen-bond acceptors (Lipinski definition) is 5. The molecule has 104 valence electrons.